The lowest BCUT2D eigenvalue weighted by Gasteiger charge is -2.26. The molecule has 0 aromatic heterocycles. The number of carbonyl (C=O) groups excluding carboxylic acids is 1. The van der Waals surface area contributed by atoms with Crippen LogP contribution in [-0.2, 0) is 6.54 Å². The van der Waals surface area contributed by atoms with Gasteiger partial charge < -0.3 is 15.7 Å². The molecule has 1 aromatic carbocycles. The highest BCUT2D eigenvalue weighted by molar-refractivity contribution is 5.99. The zero-order valence-corrected chi connectivity index (χ0v) is 12.4. The summed E-state index contributed by atoms with van der Waals surface area (Å²) in [7, 11) is 0. The number of hydrogen-bond acceptors (Lipinski definition) is 3. The first-order chi connectivity index (χ1) is 9.77. The largest absolute Gasteiger partial charge is 0.398 e. The normalized spacial score (nSPS) is 19.8. The van der Waals surface area contributed by atoms with Gasteiger partial charge in [0, 0.05) is 17.8 Å². The third-order valence-electron chi connectivity index (χ3n) is 4.35. The fraction of sp³-hybridized carbons (Fsp3) is 0.562. The van der Waals surface area contributed by atoms with Crippen LogP contribution in [0.3, 0.4) is 0 Å². The Balaban J connectivity index is 1.82. The van der Waals surface area contributed by atoms with Gasteiger partial charge in [-0.3, -0.25) is 4.79 Å². The molecule has 3 rings (SSSR count). The van der Waals surface area contributed by atoms with Crippen LogP contribution in [0.5, 0.6) is 0 Å². The number of fused-ring (bicyclic) bond motifs is 1. The van der Waals surface area contributed by atoms with E-state index in [1.807, 2.05) is 12.1 Å². The van der Waals surface area contributed by atoms with Crippen molar-refractivity contribution in [1.82, 2.24) is 4.90 Å². The molecule has 0 spiro atoms. The zero-order valence-electron chi connectivity index (χ0n) is 12.4. The number of anilines is 1. The summed E-state index contributed by atoms with van der Waals surface area (Å²) in [6.45, 7) is 3.08. The number of nitrogens with zero attached hydrogens (tertiary/aromatic N) is 1. The maximum absolute atomic E-state index is 14.0. The Labute approximate surface area is 123 Å². The molecule has 1 aromatic rings. The minimum Gasteiger partial charge on any atom is -0.398 e. The molecule has 5 heteroatoms. The second kappa shape index (κ2) is 4.70. The van der Waals surface area contributed by atoms with Crippen LogP contribution in [0.15, 0.2) is 12.1 Å². The monoisotopic (exact) mass is 292 g/mol. The van der Waals surface area contributed by atoms with Crippen molar-refractivity contribution in [1.29, 1.82) is 0 Å². The first kappa shape index (κ1) is 14.3. The van der Waals surface area contributed by atoms with Crippen molar-refractivity contribution in [3.63, 3.8) is 0 Å². The van der Waals surface area contributed by atoms with Gasteiger partial charge >= 0.3 is 0 Å². The fourth-order valence-electron chi connectivity index (χ4n) is 2.77. The molecule has 1 fully saturated rings. The highest BCUT2D eigenvalue weighted by Gasteiger charge is 2.36. The maximum atomic E-state index is 14.0. The van der Waals surface area contributed by atoms with E-state index in [0.717, 1.165) is 29.7 Å². The van der Waals surface area contributed by atoms with Crippen molar-refractivity contribution >= 4 is 11.6 Å². The number of rotatable bonds is 4. The van der Waals surface area contributed by atoms with Gasteiger partial charge in [-0.05, 0) is 55.9 Å². The number of nitrogens with two attached hydrogens (primary N) is 1. The predicted octanol–water partition coefficient (Wildman–Crippen LogP) is 2.21. The highest BCUT2D eigenvalue weighted by atomic mass is 19.1. The molecule has 0 unspecified atom stereocenters. The molecule has 0 bridgehead atoms. The number of hydrogen-bond donors (Lipinski definition) is 2. The fourth-order valence-corrected chi connectivity index (χ4v) is 2.77. The quantitative estimate of drug-likeness (QED) is 0.836. The van der Waals surface area contributed by atoms with Crippen LogP contribution in [0.2, 0.25) is 0 Å². The van der Waals surface area contributed by atoms with Gasteiger partial charge in [0.15, 0.2) is 0 Å². The number of amides is 1. The standard InChI is InChI=1S/C16H21FN2O2/c1-16(2,21)14(17)8-19-7-10-5-13(18)11(9-3-4-9)6-12(10)15(19)20/h5-6,9,14,21H,3-4,7-8,18H2,1-2H3/t14-/m1/s1. The van der Waals surface area contributed by atoms with E-state index in [1.54, 1.807) is 0 Å². The summed E-state index contributed by atoms with van der Waals surface area (Å²) in [6.07, 6.45) is 0.759. The van der Waals surface area contributed by atoms with E-state index < -0.39 is 11.8 Å². The minimum atomic E-state index is -1.48. The molecule has 1 atom stereocenters. The van der Waals surface area contributed by atoms with E-state index in [-0.39, 0.29) is 12.5 Å². The van der Waals surface area contributed by atoms with E-state index in [4.69, 9.17) is 5.73 Å². The third kappa shape index (κ3) is 2.62. The molecule has 3 N–H and O–H groups in total. The number of benzene rings is 1. The van der Waals surface area contributed by atoms with E-state index >= 15 is 0 Å². The lowest BCUT2D eigenvalue weighted by molar-refractivity contribution is -0.0159. The van der Waals surface area contributed by atoms with Crippen molar-refractivity contribution in [2.24, 2.45) is 0 Å². The molecule has 1 heterocycles. The summed E-state index contributed by atoms with van der Waals surface area (Å²) in [5.74, 6) is 0.307. The molecule has 4 nitrogen and oxygen atoms in total. The average Bonchev–Trinajstić information content (AvgIpc) is 3.16. The molecular weight excluding hydrogens is 271 g/mol. The molecule has 1 aliphatic heterocycles. The average molecular weight is 292 g/mol. The Morgan fingerprint density at radius 1 is 1.48 bits per heavy atom. The molecule has 21 heavy (non-hydrogen) atoms. The van der Waals surface area contributed by atoms with Gasteiger partial charge in [0.05, 0.1) is 12.1 Å². The Morgan fingerprint density at radius 3 is 2.71 bits per heavy atom. The maximum Gasteiger partial charge on any atom is 0.254 e. The molecule has 2 aliphatic rings. The van der Waals surface area contributed by atoms with Gasteiger partial charge in [-0.1, -0.05) is 0 Å². The van der Waals surface area contributed by atoms with E-state index in [9.17, 15) is 14.3 Å². The number of alkyl halides is 1. The number of halogens is 1. The first-order valence-corrected chi connectivity index (χ1v) is 7.35. The van der Waals surface area contributed by atoms with Crippen LogP contribution in [0.1, 0.15) is 54.1 Å². The van der Waals surface area contributed by atoms with E-state index in [1.165, 1.54) is 18.7 Å². The minimum absolute atomic E-state index is 0.102. The van der Waals surface area contributed by atoms with Crippen molar-refractivity contribution in [2.75, 3.05) is 12.3 Å². The topological polar surface area (TPSA) is 66.6 Å². The van der Waals surface area contributed by atoms with Crippen molar-refractivity contribution in [3.8, 4) is 0 Å². The number of carbonyl (C=O) groups is 1. The highest BCUT2D eigenvalue weighted by Crippen LogP contribution is 2.44. The molecule has 0 radical (unpaired) electrons. The second-order valence-electron chi connectivity index (χ2n) is 6.72. The predicted molar refractivity (Wildman–Crippen MR) is 78.8 cm³/mol. The molecule has 114 valence electrons. The number of aliphatic hydroxyl groups is 1. The zero-order chi connectivity index (χ0) is 15.4. The summed E-state index contributed by atoms with van der Waals surface area (Å²) in [5.41, 5.74) is 7.86. The summed E-state index contributed by atoms with van der Waals surface area (Å²) >= 11 is 0. The van der Waals surface area contributed by atoms with Gasteiger partial charge in [-0.15, -0.1) is 0 Å². The smallest absolute Gasteiger partial charge is 0.254 e. The molecule has 1 amide bonds. The van der Waals surface area contributed by atoms with E-state index in [2.05, 4.69) is 0 Å². The summed E-state index contributed by atoms with van der Waals surface area (Å²) in [4.78, 5) is 13.9. The van der Waals surface area contributed by atoms with Crippen LogP contribution in [0, 0.1) is 0 Å². The lowest BCUT2D eigenvalue weighted by atomic mass is 10.0. The van der Waals surface area contributed by atoms with Crippen LogP contribution in [-0.4, -0.2) is 34.2 Å². The van der Waals surface area contributed by atoms with Crippen LogP contribution < -0.4 is 5.73 Å². The van der Waals surface area contributed by atoms with Gasteiger partial charge in [0.2, 0.25) is 0 Å². The summed E-state index contributed by atoms with van der Waals surface area (Å²) in [5, 5.41) is 9.69. The van der Waals surface area contributed by atoms with Gasteiger partial charge in [0.1, 0.15) is 6.17 Å². The Hall–Kier alpha value is -1.62. The van der Waals surface area contributed by atoms with Crippen LogP contribution in [0.25, 0.3) is 0 Å². The van der Waals surface area contributed by atoms with Gasteiger partial charge in [0.25, 0.3) is 5.91 Å². The SMILES string of the molecule is CC(C)(O)[C@H](F)CN1Cc2cc(N)c(C3CC3)cc2C1=O. The van der Waals surface area contributed by atoms with Crippen molar-refractivity contribution in [2.45, 2.75) is 50.9 Å². The van der Waals surface area contributed by atoms with Crippen LogP contribution >= 0.6 is 0 Å². The molecule has 0 saturated heterocycles. The molecule has 1 saturated carbocycles. The molecular formula is C16H21FN2O2. The Bertz CT molecular complexity index is 591. The Kier molecular flexibility index (Phi) is 3.20. The summed E-state index contributed by atoms with van der Waals surface area (Å²) < 4.78 is 14.0. The van der Waals surface area contributed by atoms with E-state index in [0.29, 0.717) is 18.0 Å². The Morgan fingerprint density at radius 2 is 2.14 bits per heavy atom. The summed E-state index contributed by atoms with van der Waals surface area (Å²) in [6, 6.07) is 3.72. The van der Waals surface area contributed by atoms with Crippen molar-refractivity contribution < 1.29 is 14.3 Å². The second-order valence-corrected chi connectivity index (χ2v) is 6.72. The molecule has 1 aliphatic carbocycles. The first-order valence-electron chi connectivity index (χ1n) is 7.35. The van der Waals surface area contributed by atoms with Gasteiger partial charge in [-0.25, -0.2) is 4.39 Å². The lowest BCUT2D eigenvalue weighted by Crippen LogP contribution is -2.42. The van der Waals surface area contributed by atoms with Crippen LogP contribution in [0.4, 0.5) is 10.1 Å². The van der Waals surface area contributed by atoms with Gasteiger partial charge in [-0.2, -0.15) is 0 Å². The number of nitrogen functional groups attached to an aromatic ring is 1. The van der Waals surface area contributed by atoms with Crippen molar-refractivity contribution in [3.05, 3.63) is 28.8 Å². The third-order valence-corrected chi connectivity index (χ3v) is 4.35.